The molecule has 2 aromatic heterocycles. The van der Waals surface area contributed by atoms with Crippen LogP contribution in [0.25, 0.3) is 11.0 Å². The number of nitrogens with zero attached hydrogens (tertiary/aromatic N) is 3. The summed E-state index contributed by atoms with van der Waals surface area (Å²) in [5.74, 6) is 0.111. The van der Waals surface area contributed by atoms with E-state index < -0.39 is 17.0 Å². The molecule has 9 nitrogen and oxygen atoms in total. The summed E-state index contributed by atoms with van der Waals surface area (Å²) in [6, 6.07) is 5.41. The summed E-state index contributed by atoms with van der Waals surface area (Å²) in [6.45, 7) is 2.21. The van der Waals surface area contributed by atoms with E-state index in [1.54, 1.807) is 13.2 Å². The summed E-state index contributed by atoms with van der Waals surface area (Å²) in [5, 5.41) is 0.536. The average molecular weight is 403 g/mol. The van der Waals surface area contributed by atoms with Gasteiger partial charge < -0.3 is 15.5 Å². The summed E-state index contributed by atoms with van der Waals surface area (Å²) in [7, 11) is 2.92. The van der Waals surface area contributed by atoms with Crippen LogP contribution in [0.2, 0.25) is 0 Å². The van der Waals surface area contributed by atoms with Gasteiger partial charge in [0.2, 0.25) is 0 Å². The van der Waals surface area contributed by atoms with Crippen LogP contribution in [0.5, 0.6) is 5.75 Å². The molecule has 0 bridgehead atoms. The standard InChI is InChI=1S/C18H21N5O4S/c1-4-7-23-15(19)14(16(25)22(2)18(23)26)13(24)9-28-17-20-11-6-5-10(27-3)8-12(11)21-17/h5-6,8H,4,7,9,19H2,1-3H3,(H,20,21). The molecular weight excluding hydrogens is 382 g/mol. The van der Waals surface area contributed by atoms with E-state index >= 15 is 0 Å². The van der Waals surface area contributed by atoms with Crippen LogP contribution in [0.15, 0.2) is 32.9 Å². The molecule has 0 saturated carbocycles. The van der Waals surface area contributed by atoms with Crippen molar-refractivity contribution in [2.24, 2.45) is 7.05 Å². The Morgan fingerprint density at radius 2 is 2.11 bits per heavy atom. The Hall–Kier alpha value is -3.01. The Morgan fingerprint density at radius 3 is 2.79 bits per heavy atom. The molecule has 28 heavy (non-hydrogen) atoms. The molecule has 0 aliphatic carbocycles. The number of ketones is 1. The van der Waals surface area contributed by atoms with E-state index in [9.17, 15) is 14.4 Å². The first kappa shape index (κ1) is 19.7. The number of ether oxygens (including phenoxy) is 1. The fourth-order valence-corrected chi connectivity index (χ4v) is 3.61. The Labute approximate surface area is 164 Å². The topological polar surface area (TPSA) is 125 Å². The minimum Gasteiger partial charge on any atom is -0.497 e. The van der Waals surface area contributed by atoms with Crippen LogP contribution in [-0.4, -0.2) is 37.7 Å². The summed E-state index contributed by atoms with van der Waals surface area (Å²) in [6.07, 6.45) is 0.646. The van der Waals surface area contributed by atoms with Crippen LogP contribution in [0.4, 0.5) is 5.82 Å². The molecule has 3 aromatic rings. The third-order valence-electron chi connectivity index (χ3n) is 4.32. The van der Waals surface area contributed by atoms with Gasteiger partial charge in [-0.1, -0.05) is 18.7 Å². The second-order valence-corrected chi connectivity index (χ2v) is 7.16. The molecule has 0 aliphatic rings. The van der Waals surface area contributed by atoms with Crippen molar-refractivity contribution in [1.29, 1.82) is 0 Å². The lowest BCUT2D eigenvalue weighted by Gasteiger charge is -2.13. The number of thioether (sulfide) groups is 1. The number of anilines is 1. The number of carbonyl (C=O) groups excluding carboxylic acids is 1. The Kier molecular flexibility index (Phi) is 5.59. The lowest BCUT2D eigenvalue weighted by atomic mass is 10.2. The van der Waals surface area contributed by atoms with Gasteiger partial charge in [-0.25, -0.2) is 9.78 Å². The largest absolute Gasteiger partial charge is 0.497 e. The maximum atomic E-state index is 12.7. The predicted octanol–water partition coefficient (Wildman–Crippen LogP) is 1.40. The predicted molar refractivity (Wildman–Crippen MR) is 108 cm³/mol. The first-order valence-corrected chi connectivity index (χ1v) is 9.65. The number of imidazole rings is 1. The average Bonchev–Trinajstić information content (AvgIpc) is 3.10. The molecule has 0 aliphatic heterocycles. The van der Waals surface area contributed by atoms with Crippen LogP contribution in [-0.2, 0) is 13.6 Å². The molecular formula is C18H21N5O4S. The van der Waals surface area contributed by atoms with Crippen LogP contribution < -0.4 is 21.7 Å². The van der Waals surface area contributed by atoms with Crippen molar-refractivity contribution in [3.63, 3.8) is 0 Å². The van der Waals surface area contributed by atoms with E-state index in [0.29, 0.717) is 23.9 Å². The van der Waals surface area contributed by atoms with E-state index in [2.05, 4.69) is 9.97 Å². The number of aromatic nitrogens is 4. The monoisotopic (exact) mass is 403 g/mol. The number of nitrogens with one attached hydrogen (secondary N) is 1. The summed E-state index contributed by atoms with van der Waals surface area (Å²) in [5.41, 5.74) is 6.12. The number of nitrogen functional groups attached to an aromatic ring is 1. The quantitative estimate of drug-likeness (QED) is 0.451. The zero-order valence-corrected chi connectivity index (χ0v) is 16.6. The van der Waals surface area contributed by atoms with Gasteiger partial charge in [0.1, 0.15) is 17.1 Å². The zero-order valence-electron chi connectivity index (χ0n) is 15.8. The number of Topliss-reactive ketones (excluding diaryl/α,β-unsaturated/α-hetero) is 1. The van der Waals surface area contributed by atoms with Crippen molar-refractivity contribution >= 4 is 34.4 Å². The maximum absolute atomic E-state index is 12.7. The summed E-state index contributed by atoms with van der Waals surface area (Å²) < 4.78 is 7.35. The van der Waals surface area contributed by atoms with Gasteiger partial charge in [-0.05, 0) is 18.6 Å². The molecule has 3 rings (SSSR count). The molecule has 0 fully saturated rings. The van der Waals surface area contributed by atoms with Crippen LogP contribution in [0.3, 0.4) is 0 Å². The van der Waals surface area contributed by atoms with Gasteiger partial charge in [-0.3, -0.25) is 18.7 Å². The Morgan fingerprint density at radius 1 is 1.36 bits per heavy atom. The Balaban J connectivity index is 1.87. The van der Waals surface area contributed by atoms with Crippen molar-refractivity contribution in [3.05, 3.63) is 44.6 Å². The van der Waals surface area contributed by atoms with Gasteiger partial charge in [-0.2, -0.15) is 0 Å². The Bertz CT molecular complexity index is 1160. The molecule has 1 aromatic carbocycles. The SMILES string of the molecule is CCCn1c(N)c(C(=O)CSc2nc3ccc(OC)cc3[nH]2)c(=O)n(C)c1=O. The molecule has 148 valence electrons. The highest BCUT2D eigenvalue weighted by molar-refractivity contribution is 7.99. The number of aromatic amines is 1. The molecule has 0 saturated heterocycles. The van der Waals surface area contributed by atoms with Gasteiger partial charge in [0.25, 0.3) is 5.56 Å². The number of rotatable bonds is 7. The fourth-order valence-electron chi connectivity index (χ4n) is 2.85. The molecule has 10 heteroatoms. The van der Waals surface area contributed by atoms with Gasteiger partial charge in [0.15, 0.2) is 10.9 Å². The first-order valence-electron chi connectivity index (χ1n) is 8.66. The number of fused-ring (bicyclic) bond motifs is 1. The minimum atomic E-state index is -0.685. The van der Waals surface area contributed by atoms with E-state index in [1.807, 2.05) is 19.1 Å². The summed E-state index contributed by atoms with van der Waals surface area (Å²) >= 11 is 1.16. The second-order valence-electron chi connectivity index (χ2n) is 6.20. The number of H-pyrrole nitrogens is 1. The van der Waals surface area contributed by atoms with Crippen LogP contribution >= 0.6 is 11.8 Å². The zero-order chi connectivity index (χ0) is 20.4. The van der Waals surface area contributed by atoms with Crippen molar-refractivity contribution < 1.29 is 9.53 Å². The van der Waals surface area contributed by atoms with E-state index in [-0.39, 0.29) is 17.1 Å². The highest BCUT2D eigenvalue weighted by Crippen LogP contribution is 2.23. The summed E-state index contributed by atoms with van der Waals surface area (Å²) in [4.78, 5) is 44.9. The third-order valence-corrected chi connectivity index (χ3v) is 5.19. The van der Waals surface area contributed by atoms with Crippen LogP contribution in [0, 0.1) is 0 Å². The number of hydrogen-bond acceptors (Lipinski definition) is 7. The molecule has 0 unspecified atom stereocenters. The van der Waals surface area contributed by atoms with Gasteiger partial charge >= 0.3 is 5.69 Å². The molecule has 3 N–H and O–H groups in total. The van der Waals surface area contributed by atoms with E-state index in [1.165, 1.54) is 11.6 Å². The number of hydrogen-bond donors (Lipinski definition) is 2. The number of nitrogens with two attached hydrogens (primary N) is 1. The van der Waals surface area contributed by atoms with E-state index in [0.717, 1.165) is 27.4 Å². The van der Waals surface area contributed by atoms with Crippen LogP contribution in [0.1, 0.15) is 23.7 Å². The lowest BCUT2D eigenvalue weighted by molar-refractivity contribution is 0.102. The van der Waals surface area contributed by atoms with Crippen molar-refractivity contribution in [1.82, 2.24) is 19.1 Å². The normalized spacial score (nSPS) is 11.1. The van der Waals surface area contributed by atoms with Gasteiger partial charge in [-0.15, -0.1) is 0 Å². The van der Waals surface area contributed by atoms with Crippen molar-refractivity contribution in [2.75, 3.05) is 18.6 Å². The highest BCUT2D eigenvalue weighted by Gasteiger charge is 2.21. The van der Waals surface area contributed by atoms with Gasteiger partial charge in [0, 0.05) is 19.7 Å². The molecule has 2 heterocycles. The van der Waals surface area contributed by atoms with Crippen molar-refractivity contribution in [2.45, 2.75) is 25.0 Å². The third kappa shape index (κ3) is 3.55. The van der Waals surface area contributed by atoms with Gasteiger partial charge in [0.05, 0.1) is 23.9 Å². The lowest BCUT2D eigenvalue weighted by Crippen LogP contribution is -2.42. The minimum absolute atomic E-state index is 0.0409. The molecule has 0 amide bonds. The second kappa shape index (κ2) is 7.93. The number of methoxy groups -OCH3 is 1. The van der Waals surface area contributed by atoms with Crippen molar-refractivity contribution in [3.8, 4) is 5.75 Å². The number of benzene rings is 1. The number of carbonyl (C=O) groups is 1. The first-order chi connectivity index (χ1) is 13.4. The maximum Gasteiger partial charge on any atom is 0.332 e. The molecule has 0 atom stereocenters. The smallest absolute Gasteiger partial charge is 0.332 e. The molecule has 0 spiro atoms. The highest BCUT2D eigenvalue weighted by atomic mass is 32.2. The van der Waals surface area contributed by atoms with E-state index in [4.69, 9.17) is 10.5 Å². The molecule has 0 radical (unpaired) electrons. The fraction of sp³-hybridized carbons (Fsp3) is 0.333.